The zero-order valence-corrected chi connectivity index (χ0v) is 15.0. The largest absolute Gasteiger partial charge is 0.433 e. The number of fused-ring (bicyclic) bond motifs is 1. The van der Waals surface area contributed by atoms with Crippen molar-refractivity contribution in [2.45, 2.75) is 12.7 Å². The maximum atomic E-state index is 13.5. The van der Waals surface area contributed by atoms with Crippen molar-refractivity contribution in [2.75, 3.05) is 0 Å². The van der Waals surface area contributed by atoms with E-state index in [2.05, 4.69) is 20.4 Å². The molecule has 0 spiro atoms. The summed E-state index contributed by atoms with van der Waals surface area (Å²) in [5.74, 6) is -1.32. The van der Waals surface area contributed by atoms with Crippen molar-refractivity contribution in [3.63, 3.8) is 0 Å². The molecule has 0 fully saturated rings. The van der Waals surface area contributed by atoms with Gasteiger partial charge in [0.1, 0.15) is 0 Å². The minimum atomic E-state index is -4.67. The van der Waals surface area contributed by atoms with Crippen molar-refractivity contribution in [3.05, 3.63) is 57.5 Å². The second kappa shape index (κ2) is 6.74. The highest BCUT2D eigenvalue weighted by molar-refractivity contribution is 7.13. The predicted octanol–water partition coefficient (Wildman–Crippen LogP) is 3.86. The lowest BCUT2D eigenvalue weighted by atomic mass is 10.3. The summed E-state index contributed by atoms with van der Waals surface area (Å²) in [6.07, 6.45) is -4.67. The quantitative estimate of drug-likeness (QED) is 0.556. The van der Waals surface area contributed by atoms with Gasteiger partial charge in [-0.15, -0.1) is 27.8 Å². The molecule has 0 bridgehead atoms. The van der Waals surface area contributed by atoms with Crippen LogP contribution in [-0.4, -0.2) is 25.5 Å². The topological polar surface area (TPSA) is 72.2 Å². The van der Waals surface area contributed by atoms with Crippen molar-refractivity contribution < 1.29 is 18.0 Å². The van der Waals surface area contributed by atoms with Gasteiger partial charge in [-0.3, -0.25) is 4.79 Å². The summed E-state index contributed by atoms with van der Waals surface area (Å²) in [4.78, 5) is 21.7. The summed E-state index contributed by atoms with van der Waals surface area (Å²) in [6.45, 7) is 0.242. The van der Waals surface area contributed by atoms with Gasteiger partial charge in [0.25, 0.3) is 11.7 Å². The Hall–Kier alpha value is -2.79. The Labute approximate surface area is 158 Å². The number of thiophene rings is 2. The van der Waals surface area contributed by atoms with Crippen LogP contribution in [-0.2, 0) is 12.7 Å². The molecule has 4 heterocycles. The summed E-state index contributed by atoms with van der Waals surface area (Å²) >= 11 is 2.71. The van der Waals surface area contributed by atoms with Crippen LogP contribution in [0.3, 0.4) is 0 Å². The average molecular weight is 409 g/mol. The molecular weight excluding hydrogens is 399 g/mol. The number of alkyl halides is 3. The number of aromatic nitrogens is 4. The molecule has 0 aromatic carbocycles. The lowest BCUT2D eigenvalue weighted by molar-refractivity contribution is -0.142. The minimum absolute atomic E-state index is 0.128. The van der Waals surface area contributed by atoms with E-state index in [4.69, 9.17) is 0 Å². The Morgan fingerprint density at radius 2 is 1.93 bits per heavy atom. The molecule has 0 aliphatic rings. The summed E-state index contributed by atoms with van der Waals surface area (Å²) in [5, 5.41) is 9.90. The van der Waals surface area contributed by atoms with Gasteiger partial charge in [-0.25, -0.2) is 4.98 Å². The molecule has 6 nitrogen and oxygen atoms in total. The Balaban J connectivity index is 1.73. The zero-order valence-electron chi connectivity index (χ0n) is 13.4. The number of amides is 1. The van der Waals surface area contributed by atoms with E-state index in [0.29, 0.717) is 9.39 Å². The number of rotatable bonds is 4. The summed E-state index contributed by atoms with van der Waals surface area (Å²) in [6, 6.07) is 7.95. The number of halogens is 3. The summed E-state index contributed by atoms with van der Waals surface area (Å²) in [5.41, 5.74) is -0.913. The van der Waals surface area contributed by atoms with Gasteiger partial charge in [0, 0.05) is 4.88 Å². The van der Waals surface area contributed by atoms with Gasteiger partial charge < -0.3 is 5.32 Å². The van der Waals surface area contributed by atoms with Gasteiger partial charge in [0.2, 0.25) is 5.82 Å². The molecule has 4 rings (SSSR count). The number of nitrogens with one attached hydrogen (secondary N) is 1. The predicted molar refractivity (Wildman–Crippen MR) is 94.6 cm³/mol. The first-order chi connectivity index (χ1) is 12.9. The molecule has 11 heteroatoms. The van der Waals surface area contributed by atoms with Gasteiger partial charge in [0.15, 0.2) is 5.69 Å². The number of hydrogen-bond donors (Lipinski definition) is 1. The third-order valence-corrected chi connectivity index (χ3v) is 5.35. The van der Waals surface area contributed by atoms with Crippen LogP contribution in [0.1, 0.15) is 21.2 Å². The first-order valence-electron chi connectivity index (χ1n) is 7.61. The second-order valence-electron chi connectivity index (χ2n) is 5.41. The minimum Gasteiger partial charge on any atom is -0.344 e. The summed E-state index contributed by atoms with van der Waals surface area (Å²) in [7, 11) is 0. The van der Waals surface area contributed by atoms with Crippen LogP contribution < -0.4 is 5.32 Å². The lowest BCUT2D eigenvalue weighted by Crippen LogP contribution is -2.23. The third kappa shape index (κ3) is 3.55. The molecule has 1 amide bonds. The van der Waals surface area contributed by atoms with E-state index in [0.717, 1.165) is 10.9 Å². The molecule has 0 aliphatic carbocycles. The monoisotopic (exact) mass is 409 g/mol. The van der Waals surface area contributed by atoms with E-state index >= 15 is 0 Å². The van der Waals surface area contributed by atoms with Gasteiger partial charge in [0.05, 0.1) is 17.1 Å². The SMILES string of the molecule is O=C(NCc1cccs1)c1nc2nc(-c3cccs3)cc(C(F)(F)F)n2n1. The van der Waals surface area contributed by atoms with Crippen molar-refractivity contribution in [3.8, 4) is 10.6 Å². The van der Waals surface area contributed by atoms with Crippen molar-refractivity contribution >= 4 is 34.4 Å². The molecule has 1 N–H and O–H groups in total. The number of carbonyl (C=O) groups excluding carboxylic acids is 1. The average Bonchev–Trinajstić information content (AvgIpc) is 3.38. The fourth-order valence-electron chi connectivity index (χ4n) is 2.38. The Morgan fingerprint density at radius 1 is 1.15 bits per heavy atom. The molecule has 138 valence electrons. The van der Waals surface area contributed by atoms with Gasteiger partial charge in [-0.05, 0) is 29.0 Å². The Bertz CT molecular complexity index is 1090. The molecule has 27 heavy (non-hydrogen) atoms. The van der Waals surface area contributed by atoms with Crippen LogP contribution >= 0.6 is 22.7 Å². The van der Waals surface area contributed by atoms with E-state index in [9.17, 15) is 18.0 Å². The molecule has 0 saturated carbocycles. The molecular formula is C16H10F3N5OS2. The van der Waals surface area contributed by atoms with Crippen LogP contribution in [0.2, 0.25) is 0 Å². The highest BCUT2D eigenvalue weighted by atomic mass is 32.1. The maximum Gasteiger partial charge on any atom is 0.433 e. The van der Waals surface area contributed by atoms with E-state index in [1.807, 2.05) is 17.5 Å². The molecule has 0 aliphatic heterocycles. The third-order valence-electron chi connectivity index (χ3n) is 3.58. The molecule has 0 unspecified atom stereocenters. The zero-order chi connectivity index (χ0) is 19.0. The number of hydrogen-bond acceptors (Lipinski definition) is 6. The highest BCUT2D eigenvalue weighted by Gasteiger charge is 2.36. The van der Waals surface area contributed by atoms with E-state index in [1.54, 1.807) is 17.5 Å². The van der Waals surface area contributed by atoms with E-state index in [-0.39, 0.29) is 23.8 Å². The molecule has 0 radical (unpaired) electrons. The van der Waals surface area contributed by atoms with Crippen molar-refractivity contribution in [1.82, 2.24) is 24.9 Å². The van der Waals surface area contributed by atoms with Crippen molar-refractivity contribution in [2.24, 2.45) is 0 Å². The van der Waals surface area contributed by atoms with Crippen LogP contribution in [0.25, 0.3) is 16.3 Å². The Kier molecular flexibility index (Phi) is 4.40. The Morgan fingerprint density at radius 3 is 2.59 bits per heavy atom. The number of carbonyl (C=O) groups is 1. The smallest absolute Gasteiger partial charge is 0.344 e. The number of nitrogens with zero attached hydrogens (tertiary/aromatic N) is 4. The van der Waals surface area contributed by atoms with E-state index in [1.165, 1.54) is 22.7 Å². The molecule has 0 saturated heterocycles. The maximum absolute atomic E-state index is 13.5. The molecule has 0 atom stereocenters. The second-order valence-corrected chi connectivity index (χ2v) is 7.39. The summed E-state index contributed by atoms with van der Waals surface area (Å²) < 4.78 is 41.0. The van der Waals surface area contributed by atoms with Crippen LogP contribution in [0.15, 0.2) is 41.1 Å². The fraction of sp³-hybridized carbons (Fsp3) is 0.125. The molecule has 4 aromatic rings. The van der Waals surface area contributed by atoms with Gasteiger partial charge >= 0.3 is 6.18 Å². The van der Waals surface area contributed by atoms with Gasteiger partial charge in [-0.1, -0.05) is 12.1 Å². The molecule has 4 aromatic heterocycles. The standard InChI is InChI=1S/C16H10F3N5OS2/c17-16(18,19)12-7-10(11-4-2-6-27-11)21-15-22-13(23-24(12)15)14(25)20-8-9-3-1-5-26-9/h1-7H,8H2,(H,20,25). The van der Waals surface area contributed by atoms with Gasteiger partial charge in [-0.2, -0.15) is 22.7 Å². The van der Waals surface area contributed by atoms with Crippen LogP contribution in [0, 0.1) is 0 Å². The van der Waals surface area contributed by atoms with Crippen molar-refractivity contribution in [1.29, 1.82) is 0 Å². The normalized spacial score (nSPS) is 11.8. The first-order valence-corrected chi connectivity index (χ1v) is 9.37. The van der Waals surface area contributed by atoms with Crippen LogP contribution in [0.4, 0.5) is 13.2 Å². The lowest BCUT2D eigenvalue weighted by Gasteiger charge is -2.09. The van der Waals surface area contributed by atoms with Crippen LogP contribution in [0.5, 0.6) is 0 Å². The first kappa shape index (κ1) is 17.6. The van der Waals surface area contributed by atoms with E-state index < -0.39 is 17.8 Å². The highest BCUT2D eigenvalue weighted by Crippen LogP contribution is 2.33. The fourth-order valence-corrected chi connectivity index (χ4v) is 3.71.